The molecule has 0 aromatic rings. The number of nitrogens with zero attached hydrogens (tertiary/aromatic N) is 1. The molecule has 0 saturated heterocycles. The maximum absolute atomic E-state index is 10.6. The van der Waals surface area contributed by atoms with Crippen molar-refractivity contribution < 1.29 is 10.2 Å². The smallest absolute Gasteiger partial charge is 0.0723 e. The zero-order valence-corrected chi connectivity index (χ0v) is 22.0. The molecule has 2 aliphatic carbocycles. The highest BCUT2D eigenvalue weighted by molar-refractivity contribution is 5.21. The predicted octanol–water partition coefficient (Wildman–Crippen LogP) is 6.74. The lowest BCUT2D eigenvalue weighted by Gasteiger charge is -2.30. The lowest BCUT2D eigenvalue weighted by molar-refractivity contribution is 0.139. The number of rotatable bonds is 15. The van der Waals surface area contributed by atoms with Gasteiger partial charge in [-0.15, -0.1) is 0 Å². The average molecular weight is 448 g/mol. The highest BCUT2D eigenvalue weighted by atomic mass is 16.3. The molecule has 0 bridgehead atoms. The van der Waals surface area contributed by atoms with Crippen molar-refractivity contribution in [2.75, 3.05) is 6.54 Å². The zero-order valence-electron chi connectivity index (χ0n) is 22.0. The summed E-state index contributed by atoms with van der Waals surface area (Å²) < 4.78 is 0. The summed E-state index contributed by atoms with van der Waals surface area (Å²) in [5, 5.41) is 21.1. The third kappa shape index (κ3) is 8.61. The average Bonchev–Trinajstić information content (AvgIpc) is 3.23. The second kappa shape index (κ2) is 13.9. The highest BCUT2D eigenvalue weighted by Gasteiger charge is 2.43. The number of aliphatic hydroxyl groups is 2. The van der Waals surface area contributed by atoms with E-state index in [4.69, 9.17) is 0 Å². The molecule has 0 radical (unpaired) electrons. The van der Waals surface area contributed by atoms with Gasteiger partial charge in [-0.05, 0) is 90.5 Å². The Morgan fingerprint density at radius 1 is 1.06 bits per heavy atom. The third-order valence-electron chi connectivity index (χ3n) is 7.94. The van der Waals surface area contributed by atoms with Crippen molar-refractivity contribution in [1.29, 1.82) is 0 Å². The van der Waals surface area contributed by atoms with Gasteiger partial charge >= 0.3 is 0 Å². The first kappa shape index (κ1) is 27.6. The number of fused-ring (bicyclic) bond motifs is 1. The van der Waals surface area contributed by atoms with Gasteiger partial charge in [0.15, 0.2) is 0 Å². The molecule has 3 heteroatoms. The second-order valence-corrected chi connectivity index (χ2v) is 11.4. The van der Waals surface area contributed by atoms with Gasteiger partial charge in [-0.3, -0.25) is 4.90 Å². The Hall–Kier alpha value is -0.640. The van der Waals surface area contributed by atoms with Crippen LogP contribution in [0.25, 0.3) is 0 Å². The van der Waals surface area contributed by atoms with Crippen molar-refractivity contribution in [3.63, 3.8) is 0 Å². The minimum Gasteiger partial charge on any atom is -0.392 e. The van der Waals surface area contributed by atoms with Crippen molar-refractivity contribution in [3.8, 4) is 0 Å². The van der Waals surface area contributed by atoms with Crippen molar-refractivity contribution >= 4 is 0 Å². The standard InChI is InChI=1S/C29H53NO2/c1-7-8-12-23(6)17-26(31)14-15-27-28-19-24(18-25(28)20-29(27)32)13-10-9-11-16-30(21(2)3)22(4)5/h14-15,18,21-23,25-29,31-32H,7-13,16-17,19-20H2,1-6H3/b15-14+/t23-,25-,26+,27+,28-,29+/m0/s1. The van der Waals surface area contributed by atoms with Crippen molar-refractivity contribution in [1.82, 2.24) is 4.90 Å². The van der Waals surface area contributed by atoms with E-state index in [9.17, 15) is 10.2 Å². The SMILES string of the molecule is CCCC[C@H](C)C[C@H](O)/C=C/[C@@H]1[C@H]2CC(CCCCCN(C(C)C)C(C)C)=C[C@H]2C[C@H]1O. The van der Waals surface area contributed by atoms with Gasteiger partial charge in [0, 0.05) is 18.0 Å². The Labute approximate surface area is 199 Å². The molecule has 0 unspecified atom stereocenters. The fourth-order valence-corrected chi connectivity index (χ4v) is 6.14. The molecule has 186 valence electrons. The summed E-state index contributed by atoms with van der Waals surface area (Å²) in [6.07, 6.45) is 17.6. The van der Waals surface area contributed by atoms with Gasteiger partial charge in [0.05, 0.1) is 12.2 Å². The van der Waals surface area contributed by atoms with Crippen molar-refractivity contribution in [3.05, 3.63) is 23.8 Å². The Bertz CT molecular complexity index is 574. The van der Waals surface area contributed by atoms with Crippen LogP contribution in [0.1, 0.15) is 106 Å². The van der Waals surface area contributed by atoms with Crippen LogP contribution in [0.2, 0.25) is 0 Å². The second-order valence-electron chi connectivity index (χ2n) is 11.4. The van der Waals surface area contributed by atoms with E-state index in [-0.39, 0.29) is 18.1 Å². The van der Waals surface area contributed by atoms with E-state index in [1.807, 2.05) is 6.08 Å². The monoisotopic (exact) mass is 447 g/mol. The molecule has 1 fully saturated rings. The fraction of sp³-hybridized carbons (Fsp3) is 0.862. The van der Waals surface area contributed by atoms with E-state index in [1.54, 1.807) is 5.57 Å². The predicted molar refractivity (Wildman–Crippen MR) is 138 cm³/mol. The van der Waals surface area contributed by atoms with Gasteiger partial charge in [0.2, 0.25) is 0 Å². The lowest BCUT2D eigenvalue weighted by Crippen LogP contribution is -2.37. The molecule has 0 aromatic carbocycles. The molecule has 0 aliphatic heterocycles. The maximum Gasteiger partial charge on any atom is 0.0723 e. The molecular weight excluding hydrogens is 394 g/mol. The summed E-state index contributed by atoms with van der Waals surface area (Å²) in [5.41, 5.74) is 1.61. The summed E-state index contributed by atoms with van der Waals surface area (Å²) >= 11 is 0. The Kier molecular flexibility index (Phi) is 12.0. The van der Waals surface area contributed by atoms with E-state index in [0.717, 1.165) is 19.3 Å². The molecule has 0 heterocycles. The van der Waals surface area contributed by atoms with E-state index in [2.05, 4.69) is 58.6 Å². The molecule has 32 heavy (non-hydrogen) atoms. The van der Waals surface area contributed by atoms with E-state index in [1.165, 1.54) is 51.5 Å². The lowest BCUT2D eigenvalue weighted by atomic mass is 9.88. The van der Waals surface area contributed by atoms with Crippen LogP contribution < -0.4 is 0 Å². The van der Waals surface area contributed by atoms with Crippen LogP contribution in [0.4, 0.5) is 0 Å². The molecule has 1 saturated carbocycles. The molecule has 0 amide bonds. The first-order chi connectivity index (χ1) is 15.2. The molecule has 2 N–H and O–H groups in total. The van der Waals surface area contributed by atoms with Crippen LogP contribution in [0, 0.1) is 23.7 Å². The number of allylic oxidation sites excluding steroid dienone is 2. The Morgan fingerprint density at radius 2 is 1.78 bits per heavy atom. The van der Waals surface area contributed by atoms with Gasteiger partial charge in [0.1, 0.15) is 0 Å². The van der Waals surface area contributed by atoms with Crippen LogP contribution >= 0.6 is 0 Å². The molecule has 2 rings (SSSR count). The quantitative estimate of drug-likeness (QED) is 0.216. The Morgan fingerprint density at radius 3 is 2.44 bits per heavy atom. The number of aliphatic hydroxyl groups excluding tert-OH is 2. The third-order valence-corrected chi connectivity index (χ3v) is 7.94. The van der Waals surface area contributed by atoms with Crippen LogP contribution in [0.3, 0.4) is 0 Å². The molecule has 0 aromatic heterocycles. The number of unbranched alkanes of at least 4 members (excludes halogenated alkanes) is 3. The summed E-state index contributed by atoms with van der Waals surface area (Å²) in [5.74, 6) is 1.84. The van der Waals surface area contributed by atoms with Crippen LogP contribution in [-0.2, 0) is 0 Å². The fourth-order valence-electron chi connectivity index (χ4n) is 6.14. The number of hydrogen-bond donors (Lipinski definition) is 2. The zero-order chi connectivity index (χ0) is 23.7. The maximum atomic E-state index is 10.6. The molecule has 2 aliphatic rings. The van der Waals surface area contributed by atoms with E-state index < -0.39 is 0 Å². The van der Waals surface area contributed by atoms with E-state index in [0.29, 0.717) is 29.8 Å². The minimum atomic E-state index is -0.377. The van der Waals surface area contributed by atoms with Crippen LogP contribution in [0.5, 0.6) is 0 Å². The summed E-state index contributed by atoms with van der Waals surface area (Å²) in [6, 6.07) is 1.25. The van der Waals surface area contributed by atoms with Gasteiger partial charge in [-0.2, -0.15) is 0 Å². The van der Waals surface area contributed by atoms with Crippen molar-refractivity contribution in [2.45, 2.75) is 130 Å². The summed E-state index contributed by atoms with van der Waals surface area (Å²) in [4.78, 5) is 2.59. The van der Waals surface area contributed by atoms with E-state index >= 15 is 0 Å². The van der Waals surface area contributed by atoms with Crippen LogP contribution in [-0.4, -0.2) is 45.9 Å². The molecular formula is C29H53NO2. The molecule has 3 nitrogen and oxygen atoms in total. The number of hydrogen-bond acceptors (Lipinski definition) is 3. The van der Waals surface area contributed by atoms with Crippen LogP contribution in [0.15, 0.2) is 23.8 Å². The van der Waals surface area contributed by atoms with Gasteiger partial charge < -0.3 is 10.2 Å². The Balaban J connectivity index is 1.73. The van der Waals surface area contributed by atoms with Gasteiger partial charge in [-0.25, -0.2) is 0 Å². The first-order valence-electron chi connectivity index (χ1n) is 13.7. The molecule has 0 spiro atoms. The van der Waals surface area contributed by atoms with Gasteiger partial charge in [0.25, 0.3) is 0 Å². The molecule has 6 atom stereocenters. The highest BCUT2D eigenvalue weighted by Crippen LogP contribution is 2.48. The topological polar surface area (TPSA) is 43.7 Å². The normalized spacial score (nSPS) is 27.7. The summed E-state index contributed by atoms with van der Waals surface area (Å²) in [6.45, 7) is 14.9. The minimum absolute atomic E-state index is 0.208. The van der Waals surface area contributed by atoms with Crippen molar-refractivity contribution in [2.24, 2.45) is 23.7 Å². The van der Waals surface area contributed by atoms with Gasteiger partial charge in [-0.1, -0.05) is 63.3 Å². The summed E-state index contributed by atoms with van der Waals surface area (Å²) in [7, 11) is 0. The largest absolute Gasteiger partial charge is 0.392 e. The first-order valence-corrected chi connectivity index (χ1v) is 13.7.